The van der Waals surface area contributed by atoms with Crippen LogP contribution in [0.15, 0.2) is 30.5 Å². The van der Waals surface area contributed by atoms with Crippen LogP contribution in [0.2, 0.25) is 0 Å². The SMILES string of the molecule is Cn1cc(-c2cccc(F)c2)nc1C=O. The van der Waals surface area contributed by atoms with Crippen molar-refractivity contribution < 1.29 is 9.18 Å². The van der Waals surface area contributed by atoms with E-state index in [-0.39, 0.29) is 5.82 Å². The first-order valence-electron chi connectivity index (χ1n) is 4.45. The molecule has 76 valence electrons. The lowest BCUT2D eigenvalue weighted by atomic mass is 10.2. The molecule has 0 bridgehead atoms. The standard InChI is InChI=1S/C11H9FN2O/c1-14-6-10(13-11(14)7-15)8-3-2-4-9(12)5-8/h2-7H,1H3. The van der Waals surface area contributed by atoms with Gasteiger partial charge in [0.05, 0.1) is 5.69 Å². The van der Waals surface area contributed by atoms with Crippen LogP contribution in [0.5, 0.6) is 0 Å². The number of aromatic nitrogens is 2. The van der Waals surface area contributed by atoms with E-state index < -0.39 is 0 Å². The van der Waals surface area contributed by atoms with Gasteiger partial charge in [0, 0.05) is 18.8 Å². The van der Waals surface area contributed by atoms with E-state index in [1.54, 1.807) is 29.9 Å². The normalized spacial score (nSPS) is 10.3. The maximum absolute atomic E-state index is 12.9. The van der Waals surface area contributed by atoms with Crippen LogP contribution in [0.4, 0.5) is 4.39 Å². The smallest absolute Gasteiger partial charge is 0.185 e. The second-order valence-electron chi connectivity index (χ2n) is 3.22. The van der Waals surface area contributed by atoms with Gasteiger partial charge < -0.3 is 4.57 Å². The van der Waals surface area contributed by atoms with Crippen molar-refractivity contribution in [1.82, 2.24) is 9.55 Å². The fraction of sp³-hybridized carbons (Fsp3) is 0.0909. The summed E-state index contributed by atoms with van der Waals surface area (Å²) < 4.78 is 14.5. The molecule has 0 fully saturated rings. The van der Waals surface area contributed by atoms with Gasteiger partial charge in [-0.1, -0.05) is 12.1 Å². The van der Waals surface area contributed by atoms with E-state index in [1.807, 2.05) is 0 Å². The molecule has 0 unspecified atom stereocenters. The summed E-state index contributed by atoms with van der Waals surface area (Å²) in [5.74, 6) is 0.0140. The lowest BCUT2D eigenvalue weighted by Gasteiger charge is -1.94. The zero-order chi connectivity index (χ0) is 10.8. The number of imidazole rings is 1. The Balaban J connectivity index is 2.49. The van der Waals surface area contributed by atoms with Crippen molar-refractivity contribution in [1.29, 1.82) is 0 Å². The summed E-state index contributed by atoms with van der Waals surface area (Å²) >= 11 is 0. The summed E-state index contributed by atoms with van der Waals surface area (Å²) in [7, 11) is 1.72. The molecule has 0 aliphatic heterocycles. The van der Waals surface area contributed by atoms with Gasteiger partial charge in [-0.3, -0.25) is 4.79 Å². The van der Waals surface area contributed by atoms with Gasteiger partial charge in [-0.25, -0.2) is 9.37 Å². The summed E-state index contributed by atoms with van der Waals surface area (Å²) in [5.41, 5.74) is 1.26. The molecule has 4 heteroatoms. The van der Waals surface area contributed by atoms with E-state index in [4.69, 9.17) is 0 Å². The predicted molar refractivity (Wildman–Crippen MR) is 54.0 cm³/mol. The average molecular weight is 204 g/mol. The van der Waals surface area contributed by atoms with Crippen LogP contribution >= 0.6 is 0 Å². The quantitative estimate of drug-likeness (QED) is 0.701. The minimum atomic E-state index is -0.314. The van der Waals surface area contributed by atoms with Crippen LogP contribution in [0, 0.1) is 5.82 Å². The van der Waals surface area contributed by atoms with Crippen molar-refractivity contribution >= 4 is 6.29 Å². The topological polar surface area (TPSA) is 34.9 Å². The van der Waals surface area contributed by atoms with E-state index in [9.17, 15) is 9.18 Å². The number of aryl methyl sites for hydroxylation is 1. The Kier molecular flexibility index (Phi) is 2.33. The van der Waals surface area contributed by atoms with Crippen molar-refractivity contribution in [2.45, 2.75) is 0 Å². The number of aldehydes is 1. The number of nitrogens with zero attached hydrogens (tertiary/aromatic N) is 2. The molecule has 0 aliphatic carbocycles. The molecule has 3 nitrogen and oxygen atoms in total. The predicted octanol–water partition coefficient (Wildman–Crippen LogP) is 2.04. The molecule has 1 aromatic carbocycles. The summed E-state index contributed by atoms with van der Waals surface area (Å²) in [6.07, 6.45) is 2.36. The highest BCUT2D eigenvalue weighted by Gasteiger charge is 2.06. The number of carbonyl (C=O) groups is 1. The monoisotopic (exact) mass is 204 g/mol. The first kappa shape index (κ1) is 9.58. The molecule has 0 spiro atoms. The van der Waals surface area contributed by atoms with Gasteiger partial charge in [0.2, 0.25) is 0 Å². The van der Waals surface area contributed by atoms with Crippen LogP contribution < -0.4 is 0 Å². The van der Waals surface area contributed by atoms with Crippen LogP contribution in [0.1, 0.15) is 10.6 Å². The third-order valence-corrected chi connectivity index (χ3v) is 2.14. The first-order valence-corrected chi connectivity index (χ1v) is 4.45. The van der Waals surface area contributed by atoms with Gasteiger partial charge >= 0.3 is 0 Å². The van der Waals surface area contributed by atoms with Gasteiger partial charge in [0.15, 0.2) is 12.1 Å². The third kappa shape index (κ3) is 1.79. The maximum Gasteiger partial charge on any atom is 0.185 e. The molecule has 1 aromatic heterocycles. The van der Waals surface area contributed by atoms with E-state index in [0.717, 1.165) is 0 Å². The van der Waals surface area contributed by atoms with Gasteiger partial charge in [-0.05, 0) is 12.1 Å². The Hall–Kier alpha value is -1.97. The van der Waals surface area contributed by atoms with Crippen LogP contribution in [0.3, 0.4) is 0 Å². The largest absolute Gasteiger partial charge is 0.331 e. The van der Waals surface area contributed by atoms with E-state index >= 15 is 0 Å². The lowest BCUT2D eigenvalue weighted by molar-refractivity contribution is 0.111. The number of halogens is 1. The van der Waals surface area contributed by atoms with Gasteiger partial charge in [-0.2, -0.15) is 0 Å². The molecule has 15 heavy (non-hydrogen) atoms. The fourth-order valence-electron chi connectivity index (χ4n) is 1.38. The molecule has 0 aliphatic rings. The van der Waals surface area contributed by atoms with Gasteiger partial charge in [0.1, 0.15) is 5.82 Å². The van der Waals surface area contributed by atoms with E-state index in [2.05, 4.69) is 4.98 Å². The van der Waals surface area contributed by atoms with Crippen molar-refractivity contribution in [2.24, 2.45) is 7.05 Å². The van der Waals surface area contributed by atoms with Gasteiger partial charge in [0.25, 0.3) is 0 Å². The highest BCUT2D eigenvalue weighted by Crippen LogP contribution is 2.18. The molecule has 0 saturated heterocycles. The van der Waals surface area contributed by atoms with Gasteiger partial charge in [-0.15, -0.1) is 0 Å². The Morgan fingerprint density at radius 1 is 1.47 bits per heavy atom. The number of hydrogen-bond acceptors (Lipinski definition) is 2. The number of hydrogen-bond donors (Lipinski definition) is 0. The Labute approximate surface area is 86.2 Å². The van der Waals surface area contributed by atoms with Crippen molar-refractivity contribution in [2.75, 3.05) is 0 Å². The molecule has 2 aromatic rings. The minimum Gasteiger partial charge on any atom is -0.331 e. The zero-order valence-electron chi connectivity index (χ0n) is 8.14. The lowest BCUT2D eigenvalue weighted by Crippen LogP contribution is -1.92. The molecular weight excluding hydrogens is 195 g/mol. The Bertz CT molecular complexity index is 505. The first-order chi connectivity index (χ1) is 7.20. The minimum absolute atomic E-state index is 0.314. The molecule has 0 amide bonds. The summed E-state index contributed by atoms with van der Waals surface area (Å²) in [4.78, 5) is 14.6. The van der Waals surface area contributed by atoms with E-state index in [0.29, 0.717) is 23.4 Å². The summed E-state index contributed by atoms with van der Waals surface area (Å²) in [6.45, 7) is 0. The molecule has 0 saturated carbocycles. The molecular formula is C11H9FN2O. The molecule has 1 heterocycles. The van der Waals surface area contributed by atoms with Crippen LogP contribution in [0.25, 0.3) is 11.3 Å². The van der Waals surface area contributed by atoms with Crippen LogP contribution in [-0.2, 0) is 7.05 Å². The Morgan fingerprint density at radius 3 is 2.87 bits per heavy atom. The van der Waals surface area contributed by atoms with Crippen molar-refractivity contribution in [3.63, 3.8) is 0 Å². The summed E-state index contributed by atoms with van der Waals surface area (Å²) in [5, 5.41) is 0. The molecule has 0 radical (unpaired) electrons. The number of rotatable bonds is 2. The molecule has 0 N–H and O–H groups in total. The molecule has 0 atom stereocenters. The Morgan fingerprint density at radius 2 is 2.27 bits per heavy atom. The highest BCUT2D eigenvalue weighted by atomic mass is 19.1. The third-order valence-electron chi connectivity index (χ3n) is 2.14. The molecule has 2 rings (SSSR count). The second-order valence-corrected chi connectivity index (χ2v) is 3.22. The number of carbonyl (C=O) groups excluding carboxylic acids is 1. The second kappa shape index (κ2) is 3.65. The van der Waals surface area contributed by atoms with Crippen LogP contribution in [-0.4, -0.2) is 15.8 Å². The van der Waals surface area contributed by atoms with Crippen molar-refractivity contribution in [3.05, 3.63) is 42.1 Å². The number of benzene rings is 1. The summed E-state index contributed by atoms with van der Waals surface area (Å²) in [6, 6.07) is 6.11. The average Bonchev–Trinajstić information content (AvgIpc) is 2.60. The fourth-order valence-corrected chi connectivity index (χ4v) is 1.38. The zero-order valence-corrected chi connectivity index (χ0v) is 8.14. The van der Waals surface area contributed by atoms with E-state index in [1.165, 1.54) is 12.1 Å². The highest BCUT2D eigenvalue weighted by molar-refractivity contribution is 5.72. The maximum atomic E-state index is 12.9. The van der Waals surface area contributed by atoms with Crippen molar-refractivity contribution in [3.8, 4) is 11.3 Å².